The maximum absolute atomic E-state index is 10.7. The van der Waals surface area contributed by atoms with Crippen LogP contribution >= 0.6 is 0 Å². The van der Waals surface area contributed by atoms with E-state index in [9.17, 15) is 15.3 Å². The van der Waals surface area contributed by atoms with Crippen LogP contribution in [0.3, 0.4) is 0 Å². The topological polar surface area (TPSA) is 118 Å². The number of hydrogen-bond acceptors (Lipinski definition) is 8. The average molecular weight is 582 g/mol. The Labute approximate surface area is 249 Å². The van der Waals surface area contributed by atoms with Gasteiger partial charge in [0.05, 0.1) is 17.6 Å². The molecule has 6 rings (SSSR count). The van der Waals surface area contributed by atoms with E-state index < -0.39 is 31.1 Å². The number of aliphatic hydroxyl groups excluding tert-OH is 3. The van der Waals surface area contributed by atoms with E-state index in [4.69, 9.17) is 19.2 Å². The lowest BCUT2D eigenvalue weighted by Gasteiger charge is -2.20. The van der Waals surface area contributed by atoms with Crippen LogP contribution in [0.25, 0.3) is 11.0 Å². The van der Waals surface area contributed by atoms with E-state index in [0.717, 1.165) is 27.7 Å². The Morgan fingerprint density at radius 1 is 0.744 bits per heavy atom. The minimum atomic E-state index is -1.22. The second-order valence-electron chi connectivity index (χ2n) is 10.5. The maximum Gasteiger partial charge on any atom is 0.206 e. The molecule has 2 heterocycles. The lowest BCUT2D eigenvalue weighted by molar-refractivity contribution is -0.0499. The molecule has 4 aromatic carbocycles. The molecule has 0 spiro atoms. The number of aliphatic hydroxyl groups is 3. The summed E-state index contributed by atoms with van der Waals surface area (Å²) in [5.41, 5.74) is 4.64. The van der Waals surface area contributed by atoms with Gasteiger partial charge in [-0.3, -0.25) is 4.57 Å². The standard InChI is InChI=1S/C34H35N3O6/c38-20-30-31(39)32(40)33(43-30)37-27-14-8-7-13-26(27)36-34(37)35-18-17-23-15-16-28(41-21-24-9-3-1-4-10-24)29(19-23)42-22-25-11-5-2-6-12-25/h1-16,19,30-33,38-40H,17-18,20-22H2,(H,35,36)/t30-,31-,32-,33-/m1/s1. The summed E-state index contributed by atoms with van der Waals surface area (Å²) in [6.45, 7) is 0.976. The summed E-state index contributed by atoms with van der Waals surface area (Å²) >= 11 is 0. The number of rotatable bonds is 12. The van der Waals surface area contributed by atoms with E-state index in [1.807, 2.05) is 103 Å². The van der Waals surface area contributed by atoms with Gasteiger partial charge in [-0.25, -0.2) is 4.98 Å². The molecule has 222 valence electrons. The minimum absolute atomic E-state index is 0.399. The molecule has 1 saturated heterocycles. The average Bonchev–Trinajstić information content (AvgIpc) is 3.55. The van der Waals surface area contributed by atoms with Crippen molar-refractivity contribution in [3.63, 3.8) is 0 Å². The molecule has 1 aliphatic rings. The Bertz CT molecular complexity index is 1630. The summed E-state index contributed by atoms with van der Waals surface area (Å²) in [7, 11) is 0. The van der Waals surface area contributed by atoms with Crippen LogP contribution in [0.4, 0.5) is 5.95 Å². The van der Waals surface area contributed by atoms with E-state index >= 15 is 0 Å². The number of fused-ring (bicyclic) bond motifs is 1. The van der Waals surface area contributed by atoms with Gasteiger partial charge < -0.3 is 34.8 Å². The third-order valence-electron chi connectivity index (χ3n) is 7.55. The van der Waals surface area contributed by atoms with Crippen LogP contribution in [0.2, 0.25) is 0 Å². The molecule has 9 nitrogen and oxygen atoms in total. The van der Waals surface area contributed by atoms with Crippen molar-refractivity contribution in [1.29, 1.82) is 0 Å². The molecule has 43 heavy (non-hydrogen) atoms. The zero-order valence-corrected chi connectivity index (χ0v) is 23.6. The van der Waals surface area contributed by atoms with Crippen molar-refractivity contribution in [3.05, 3.63) is 120 Å². The lowest BCUT2D eigenvalue weighted by Crippen LogP contribution is -2.33. The van der Waals surface area contributed by atoms with Crippen LogP contribution in [-0.2, 0) is 24.4 Å². The second-order valence-corrected chi connectivity index (χ2v) is 10.5. The molecule has 0 saturated carbocycles. The monoisotopic (exact) mass is 581 g/mol. The van der Waals surface area contributed by atoms with Gasteiger partial charge in [0.1, 0.15) is 31.5 Å². The Hall–Kier alpha value is -4.41. The van der Waals surface area contributed by atoms with Crippen molar-refractivity contribution in [2.45, 2.75) is 44.2 Å². The fraction of sp³-hybridized carbons (Fsp3) is 0.265. The molecule has 1 aromatic heterocycles. The van der Waals surface area contributed by atoms with Crippen LogP contribution < -0.4 is 14.8 Å². The Kier molecular flexibility index (Phi) is 8.85. The number of benzene rings is 4. The summed E-state index contributed by atoms with van der Waals surface area (Å²) in [5.74, 6) is 1.83. The molecule has 0 bridgehead atoms. The van der Waals surface area contributed by atoms with E-state index in [1.54, 1.807) is 4.57 Å². The van der Waals surface area contributed by atoms with E-state index in [-0.39, 0.29) is 0 Å². The van der Waals surface area contributed by atoms with Crippen LogP contribution in [0, 0.1) is 0 Å². The number of imidazole rings is 1. The molecule has 1 fully saturated rings. The maximum atomic E-state index is 10.7. The fourth-order valence-corrected chi connectivity index (χ4v) is 5.25. The highest BCUT2D eigenvalue weighted by Gasteiger charge is 2.44. The zero-order chi connectivity index (χ0) is 29.6. The molecular weight excluding hydrogens is 546 g/mol. The van der Waals surface area contributed by atoms with Gasteiger partial charge >= 0.3 is 0 Å². The molecule has 5 aromatic rings. The molecule has 1 aliphatic heterocycles. The molecule has 0 amide bonds. The van der Waals surface area contributed by atoms with Crippen molar-refractivity contribution < 1.29 is 29.5 Å². The first kappa shape index (κ1) is 28.7. The Morgan fingerprint density at radius 2 is 1.40 bits per heavy atom. The minimum Gasteiger partial charge on any atom is -0.485 e. The van der Waals surface area contributed by atoms with Gasteiger partial charge in [0.2, 0.25) is 5.95 Å². The van der Waals surface area contributed by atoms with Gasteiger partial charge in [0, 0.05) is 6.54 Å². The van der Waals surface area contributed by atoms with Crippen molar-refractivity contribution in [2.24, 2.45) is 0 Å². The van der Waals surface area contributed by atoms with E-state index in [2.05, 4.69) is 5.32 Å². The number of aromatic nitrogens is 2. The first-order valence-electron chi connectivity index (χ1n) is 14.4. The van der Waals surface area contributed by atoms with Gasteiger partial charge in [-0.05, 0) is 47.4 Å². The first-order valence-corrected chi connectivity index (χ1v) is 14.4. The largest absolute Gasteiger partial charge is 0.485 e. The molecule has 0 aliphatic carbocycles. The molecule has 4 atom stereocenters. The summed E-state index contributed by atoms with van der Waals surface area (Å²) in [6.07, 6.45) is -3.56. The van der Waals surface area contributed by atoms with Crippen LogP contribution in [-0.4, -0.2) is 56.3 Å². The van der Waals surface area contributed by atoms with Crippen LogP contribution in [0.1, 0.15) is 22.9 Å². The van der Waals surface area contributed by atoms with Crippen molar-refractivity contribution >= 4 is 17.0 Å². The molecule has 9 heteroatoms. The first-order chi connectivity index (χ1) is 21.1. The number of hydrogen-bond donors (Lipinski definition) is 4. The lowest BCUT2D eigenvalue weighted by atomic mass is 10.1. The summed E-state index contributed by atoms with van der Waals surface area (Å²) in [4.78, 5) is 4.72. The number of anilines is 1. The Balaban J connectivity index is 1.19. The van der Waals surface area contributed by atoms with Gasteiger partial charge in [0.15, 0.2) is 17.7 Å². The summed E-state index contributed by atoms with van der Waals surface area (Å²) in [6, 6.07) is 33.5. The fourth-order valence-electron chi connectivity index (χ4n) is 5.25. The van der Waals surface area contributed by atoms with Crippen molar-refractivity contribution in [3.8, 4) is 11.5 Å². The third-order valence-corrected chi connectivity index (χ3v) is 7.55. The predicted molar refractivity (Wildman–Crippen MR) is 163 cm³/mol. The molecular formula is C34H35N3O6. The molecule has 4 N–H and O–H groups in total. The highest BCUT2D eigenvalue weighted by molar-refractivity contribution is 5.78. The summed E-state index contributed by atoms with van der Waals surface area (Å²) < 4.78 is 20.0. The highest BCUT2D eigenvalue weighted by atomic mass is 16.6. The normalized spacial score (nSPS) is 19.9. The zero-order valence-electron chi connectivity index (χ0n) is 23.6. The van der Waals surface area contributed by atoms with E-state index in [1.165, 1.54) is 0 Å². The number of para-hydroxylation sites is 2. The van der Waals surface area contributed by atoms with Crippen molar-refractivity contribution in [1.82, 2.24) is 9.55 Å². The second kappa shape index (κ2) is 13.3. The number of nitrogens with one attached hydrogen (secondary N) is 1. The van der Waals surface area contributed by atoms with Crippen LogP contribution in [0.15, 0.2) is 103 Å². The SMILES string of the molecule is OC[C@H]1O[C@@H](n2c(NCCc3ccc(OCc4ccccc4)c(OCc4ccccc4)c3)nc3ccccc32)[C@H](O)[C@@H]1O. The Morgan fingerprint density at radius 3 is 2.07 bits per heavy atom. The molecule has 0 radical (unpaired) electrons. The predicted octanol–water partition coefficient (Wildman–Crippen LogP) is 4.46. The number of nitrogens with zero attached hydrogens (tertiary/aromatic N) is 2. The van der Waals surface area contributed by atoms with Crippen LogP contribution in [0.5, 0.6) is 11.5 Å². The molecule has 0 unspecified atom stereocenters. The highest BCUT2D eigenvalue weighted by Crippen LogP contribution is 2.35. The quantitative estimate of drug-likeness (QED) is 0.171. The van der Waals surface area contributed by atoms with Gasteiger partial charge in [-0.2, -0.15) is 0 Å². The van der Waals surface area contributed by atoms with E-state index in [0.29, 0.717) is 43.6 Å². The smallest absolute Gasteiger partial charge is 0.206 e. The third kappa shape index (κ3) is 6.50. The summed E-state index contributed by atoms with van der Waals surface area (Å²) in [5, 5.41) is 34.1. The van der Waals surface area contributed by atoms with Gasteiger partial charge in [-0.1, -0.05) is 78.9 Å². The van der Waals surface area contributed by atoms with Crippen molar-refractivity contribution in [2.75, 3.05) is 18.5 Å². The van der Waals surface area contributed by atoms with Gasteiger partial charge in [0.25, 0.3) is 0 Å². The number of ether oxygens (including phenoxy) is 3. The van der Waals surface area contributed by atoms with Gasteiger partial charge in [-0.15, -0.1) is 0 Å².